The number of imidazole rings is 1. The lowest BCUT2D eigenvalue weighted by Crippen LogP contribution is -2.26. The number of aryl methyl sites for hydroxylation is 1. The molecule has 1 aliphatic rings. The fourth-order valence-electron chi connectivity index (χ4n) is 5.58. The van der Waals surface area contributed by atoms with E-state index in [2.05, 4.69) is 81.9 Å². The van der Waals surface area contributed by atoms with Gasteiger partial charge in [-0.2, -0.15) is 0 Å². The van der Waals surface area contributed by atoms with Gasteiger partial charge in [0, 0.05) is 49.9 Å². The van der Waals surface area contributed by atoms with Crippen molar-refractivity contribution in [3.05, 3.63) is 90.1 Å². The second-order valence-electron chi connectivity index (χ2n) is 11.7. The molecule has 1 amide bonds. The van der Waals surface area contributed by atoms with Crippen molar-refractivity contribution in [1.29, 1.82) is 0 Å². The number of carbonyl (C=O) groups is 1. The number of nitrogens with zero attached hydrogens (tertiary/aromatic N) is 4. The number of rotatable bonds is 17. The molecule has 248 valence electrons. The standard InChI is InChI=1S/C38H47N5O3S/c1-4-7-22-45-23-24-46-34-12-8-29(9-13-34)30-10-14-35-32(25-30)26-31(16-20-42(35)18-5-2)38(44)41-33-11-15-37(40-27-33)47-28-36-39-17-21-43(36)19-6-3/h8-15,17,21,25-27H,4-7,16,18-20,22-24,28H2,1-3H3,(H,41,44). The monoisotopic (exact) mass is 653 g/mol. The third-order valence-corrected chi connectivity index (χ3v) is 9.01. The van der Waals surface area contributed by atoms with E-state index in [-0.39, 0.29) is 5.91 Å². The maximum Gasteiger partial charge on any atom is 0.251 e. The molecule has 1 aliphatic heterocycles. The van der Waals surface area contributed by atoms with Gasteiger partial charge in [-0.15, -0.1) is 0 Å². The van der Waals surface area contributed by atoms with Crippen molar-refractivity contribution >= 4 is 35.1 Å². The number of anilines is 2. The number of hydrogen-bond acceptors (Lipinski definition) is 7. The molecule has 0 radical (unpaired) electrons. The Morgan fingerprint density at radius 1 is 0.915 bits per heavy atom. The SMILES string of the molecule is CCCCOCCOc1ccc(-c2ccc3c(c2)C=C(C(=O)Nc2ccc(SCc4nccn4CCC)nc2)CCN3CCC)cc1. The van der Waals surface area contributed by atoms with E-state index >= 15 is 0 Å². The Hall–Kier alpha value is -4.08. The maximum atomic E-state index is 13.5. The van der Waals surface area contributed by atoms with Crippen molar-refractivity contribution in [2.24, 2.45) is 0 Å². The van der Waals surface area contributed by atoms with Gasteiger partial charge in [0.05, 0.1) is 29.3 Å². The Morgan fingerprint density at radius 2 is 1.74 bits per heavy atom. The molecule has 0 saturated heterocycles. The molecule has 9 heteroatoms. The lowest BCUT2D eigenvalue weighted by atomic mass is 10.00. The van der Waals surface area contributed by atoms with Crippen LogP contribution in [0.3, 0.4) is 0 Å². The number of unbranched alkanes of at least 4 members (excludes halogenated alkanes) is 1. The summed E-state index contributed by atoms with van der Waals surface area (Å²) >= 11 is 1.64. The third kappa shape index (κ3) is 9.72. The van der Waals surface area contributed by atoms with Crippen LogP contribution in [0.4, 0.5) is 11.4 Å². The molecule has 47 heavy (non-hydrogen) atoms. The number of fused-ring (bicyclic) bond motifs is 1. The number of hydrogen-bond donors (Lipinski definition) is 1. The number of carbonyl (C=O) groups excluding carboxylic acids is 1. The van der Waals surface area contributed by atoms with Crippen LogP contribution in [0.2, 0.25) is 0 Å². The number of nitrogens with one attached hydrogen (secondary N) is 1. The quantitative estimate of drug-likeness (QED) is 0.0904. The fraction of sp³-hybridized carbons (Fsp3) is 0.395. The zero-order valence-corrected chi connectivity index (χ0v) is 28.7. The highest BCUT2D eigenvalue weighted by Crippen LogP contribution is 2.33. The first-order chi connectivity index (χ1) is 23.1. The molecule has 8 nitrogen and oxygen atoms in total. The van der Waals surface area contributed by atoms with E-state index in [9.17, 15) is 4.79 Å². The van der Waals surface area contributed by atoms with Crippen LogP contribution < -0.4 is 15.0 Å². The summed E-state index contributed by atoms with van der Waals surface area (Å²) in [6.45, 7) is 11.1. The van der Waals surface area contributed by atoms with Crippen LogP contribution in [0, 0.1) is 0 Å². The lowest BCUT2D eigenvalue weighted by Gasteiger charge is -2.25. The number of amides is 1. The molecular weight excluding hydrogens is 607 g/mol. The molecule has 0 fully saturated rings. The van der Waals surface area contributed by atoms with Gasteiger partial charge in [0.25, 0.3) is 5.91 Å². The van der Waals surface area contributed by atoms with E-state index in [0.29, 0.717) is 25.3 Å². The molecular formula is C38H47N5O3S. The molecule has 2 aromatic carbocycles. The van der Waals surface area contributed by atoms with Crippen LogP contribution in [-0.4, -0.2) is 53.4 Å². The summed E-state index contributed by atoms with van der Waals surface area (Å²) in [4.78, 5) is 25.0. The molecule has 0 atom stereocenters. The molecule has 4 aromatic rings. The summed E-state index contributed by atoms with van der Waals surface area (Å²) in [6.07, 6.45) is 12.6. The second-order valence-corrected chi connectivity index (χ2v) is 12.7. The van der Waals surface area contributed by atoms with Crippen molar-refractivity contribution < 1.29 is 14.3 Å². The van der Waals surface area contributed by atoms with Crippen LogP contribution in [0.5, 0.6) is 5.75 Å². The first-order valence-electron chi connectivity index (χ1n) is 16.9. The molecule has 3 heterocycles. The highest BCUT2D eigenvalue weighted by Gasteiger charge is 2.20. The minimum Gasteiger partial charge on any atom is -0.491 e. The maximum absolute atomic E-state index is 13.5. The Morgan fingerprint density at radius 3 is 2.51 bits per heavy atom. The molecule has 0 aliphatic carbocycles. The number of benzene rings is 2. The Labute approximate surface area is 283 Å². The smallest absolute Gasteiger partial charge is 0.251 e. The van der Waals surface area contributed by atoms with Crippen molar-refractivity contribution in [1.82, 2.24) is 14.5 Å². The molecule has 0 unspecified atom stereocenters. The van der Waals surface area contributed by atoms with Gasteiger partial charge in [-0.1, -0.05) is 57.2 Å². The molecule has 0 spiro atoms. The predicted molar refractivity (Wildman–Crippen MR) is 193 cm³/mol. The van der Waals surface area contributed by atoms with Crippen LogP contribution in [0.1, 0.15) is 64.3 Å². The number of aromatic nitrogens is 3. The van der Waals surface area contributed by atoms with Crippen molar-refractivity contribution in [2.45, 2.75) is 70.2 Å². The average Bonchev–Trinajstić information content (AvgIpc) is 3.46. The van der Waals surface area contributed by atoms with E-state index in [1.165, 1.54) is 0 Å². The second kappa shape index (κ2) is 17.7. The number of thioether (sulfide) groups is 1. The van der Waals surface area contributed by atoms with Crippen molar-refractivity contribution in [2.75, 3.05) is 43.1 Å². The lowest BCUT2D eigenvalue weighted by molar-refractivity contribution is -0.112. The van der Waals surface area contributed by atoms with E-state index < -0.39 is 0 Å². The summed E-state index contributed by atoms with van der Waals surface area (Å²) in [5.74, 6) is 2.53. The summed E-state index contributed by atoms with van der Waals surface area (Å²) in [6, 6.07) is 18.6. The first kappa shape index (κ1) is 34.3. The van der Waals surface area contributed by atoms with Crippen LogP contribution >= 0.6 is 11.8 Å². The van der Waals surface area contributed by atoms with Crippen molar-refractivity contribution in [3.63, 3.8) is 0 Å². The largest absolute Gasteiger partial charge is 0.491 e. The number of pyridine rings is 1. The Balaban J connectivity index is 1.24. The van der Waals surface area contributed by atoms with E-state index in [0.717, 1.165) is 102 Å². The summed E-state index contributed by atoms with van der Waals surface area (Å²) < 4.78 is 13.7. The molecule has 0 saturated carbocycles. The van der Waals surface area contributed by atoms with Gasteiger partial charge in [0.2, 0.25) is 0 Å². The van der Waals surface area contributed by atoms with Gasteiger partial charge >= 0.3 is 0 Å². The zero-order chi connectivity index (χ0) is 32.8. The highest BCUT2D eigenvalue weighted by atomic mass is 32.2. The third-order valence-electron chi connectivity index (χ3n) is 8.07. The van der Waals surface area contributed by atoms with E-state index in [4.69, 9.17) is 9.47 Å². The first-order valence-corrected chi connectivity index (χ1v) is 17.9. The minimum absolute atomic E-state index is 0.0938. The van der Waals surface area contributed by atoms with Gasteiger partial charge in [-0.05, 0) is 84.8 Å². The predicted octanol–water partition coefficient (Wildman–Crippen LogP) is 8.49. The fourth-order valence-corrected chi connectivity index (χ4v) is 6.39. The molecule has 2 aromatic heterocycles. The van der Waals surface area contributed by atoms with Crippen LogP contribution in [-0.2, 0) is 21.8 Å². The van der Waals surface area contributed by atoms with Crippen LogP contribution in [0.15, 0.2) is 83.8 Å². The van der Waals surface area contributed by atoms with Crippen molar-refractivity contribution in [3.8, 4) is 16.9 Å². The topological polar surface area (TPSA) is 81.5 Å². The normalized spacial score (nSPS) is 12.7. The molecule has 1 N–H and O–H groups in total. The van der Waals surface area contributed by atoms with Gasteiger partial charge in [0.1, 0.15) is 18.2 Å². The minimum atomic E-state index is -0.0938. The van der Waals surface area contributed by atoms with Crippen LogP contribution in [0.25, 0.3) is 17.2 Å². The molecule has 0 bridgehead atoms. The summed E-state index contributed by atoms with van der Waals surface area (Å²) in [7, 11) is 0. The molecule has 5 rings (SSSR count). The Kier molecular flexibility index (Phi) is 12.9. The highest BCUT2D eigenvalue weighted by molar-refractivity contribution is 7.98. The summed E-state index contributed by atoms with van der Waals surface area (Å²) in [5, 5.41) is 3.98. The van der Waals surface area contributed by atoms with E-state index in [1.54, 1.807) is 18.0 Å². The van der Waals surface area contributed by atoms with E-state index in [1.807, 2.05) is 36.7 Å². The van der Waals surface area contributed by atoms with Gasteiger partial charge in [-0.25, -0.2) is 9.97 Å². The number of ether oxygens (including phenoxy) is 2. The average molecular weight is 654 g/mol. The van der Waals surface area contributed by atoms with Gasteiger partial charge < -0.3 is 24.3 Å². The zero-order valence-electron chi connectivity index (χ0n) is 27.9. The Bertz CT molecular complexity index is 1600. The van der Waals surface area contributed by atoms with Gasteiger partial charge in [0.15, 0.2) is 0 Å². The summed E-state index contributed by atoms with van der Waals surface area (Å²) in [5.41, 5.74) is 5.85. The van der Waals surface area contributed by atoms with Gasteiger partial charge in [-0.3, -0.25) is 4.79 Å².